The Bertz CT molecular complexity index is 359. The lowest BCUT2D eigenvalue weighted by Gasteiger charge is -2.41. The molecule has 2 bridgehead atoms. The summed E-state index contributed by atoms with van der Waals surface area (Å²) in [7, 11) is 0. The number of ether oxygens (including phenoxy) is 2. The average molecular weight is 241 g/mol. The average Bonchev–Trinajstić information content (AvgIpc) is 2.63. The van der Waals surface area contributed by atoms with E-state index in [1.165, 1.54) is 4.88 Å². The van der Waals surface area contributed by atoms with E-state index in [0.29, 0.717) is 5.13 Å². The number of nitrogen functional groups attached to an aromatic ring is 1. The SMILES string of the molecule is Nc1ncc(CN2CC3COCC(C2)O3)s1. The van der Waals surface area contributed by atoms with E-state index >= 15 is 0 Å². The second kappa shape index (κ2) is 4.29. The first-order chi connectivity index (χ1) is 7.79. The number of nitrogens with zero attached hydrogens (tertiary/aromatic N) is 2. The maximum absolute atomic E-state index is 5.79. The molecule has 88 valence electrons. The van der Waals surface area contributed by atoms with Gasteiger partial charge in [0.05, 0.1) is 25.4 Å². The van der Waals surface area contributed by atoms with Crippen molar-refractivity contribution < 1.29 is 9.47 Å². The predicted octanol–water partition coefficient (Wildman–Crippen LogP) is 0.325. The zero-order valence-electron chi connectivity index (χ0n) is 8.96. The molecule has 0 radical (unpaired) electrons. The van der Waals surface area contributed by atoms with Gasteiger partial charge in [-0.25, -0.2) is 4.98 Å². The molecule has 0 spiro atoms. The summed E-state index contributed by atoms with van der Waals surface area (Å²) in [6.07, 6.45) is 2.33. The van der Waals surface area contributed by atoms with Gasteiger partial charge in [0.1, 0.15) is 0 Å². The molecule has 1 aromatic heterocycles. The first kappa shape index (κ1) is 10.5. The van der Waals surface area contributed by atoms with E-state index in [4.69, 9.17) is 15.2 Å². The van der Waals surface area contributed by atoms with Gasteiger partial charge in [-0.2, -0.15) is 0 Å². The van der Waals surface area contributed by atoms with Gasteiger partial charge in [0.2, 0.25) is 0 Å². The molecule has 2 saturated heterocycles. The van der Waals surface area contributed by atoms with Crippen molar-refractivity contribution in [3.63, 3.8) is 0 Å². The van der Waals surface area contributed by atoms with Crippen LogP contribution in [0.2, 0.25) is 0 Å². The number of morpholine rings is 1. The van der Waals surface area contributed by atoms with Gasteiger partial charge in [0, 0.05) is 30.7 Å². The Kier molecular flexibility index (Phi) is 2.81. The summed E-state index contributed by atoms with van der Waals surface area (Å²) in [6, 6.07) is 0. The molecule has 1 aromatic rings. The van der Waals surface area contributed by atoms with E-state index in [1.54, 1.807) is 11.3 Å². The van der Waals surface area contributed by atoms with Gasteiger partial charge in [0.25, 0.3) is 0 Å². The molecule has 0 aliphatic carbocycles. The summed E-state index contributed by atoms with van der Waals surface area (Å²) in [6.45, 7) is 4.24. The number of thiazole rings is 1. The molecule has 2 unspecified atom stereocenters. The summed E-state index contributed by atoms with van der Waals surface area (Å²) in [5.74, 6) is 0. The fourth-order valence-corrected chi connectivity index (χ4v) is 3.00. The predicted molar refractivity (Wildman–Crippen MR) is 61.3 cm³/mol. The van der Waals surface area contributed by atoms with E-state index in [-0.39, 0.29) is 12.2 Å². The fourth-order valence-electron chi connectivity index (χ4n) is 2.27. The van der Waals surface area contributed by atoms with Crippen LogP contribution in [0.4, 0.5) is 5.13 Å². The monoisotopic (exact) mass is 241 g/mol. The van der Waals surface area contributed by atoms with Crippen molar-refractivity contribution in [3.05, 3.63) is 11.1 Å². The highest BCUT2D eigenvalue weighted by atomic mass is 32.1. The molecule has 3 heterocycles. The largest absolute Gasteiger partial charge is 0.376 e. The lowest BCUT2D eigenvalue weighted by Crippen LogP contribution is -2.53. The number of hydrogen-bond acceptors (Lipinski definition) is 6. The van der Waals surface area contributed by atoms with Crippen molar-refractivity contribution in [2.24, 2.45) is 0 Å². The van der Waals surface area contributed by atoms with Crippen LogP contribution in [-0.4, -0.2) is 48.4 Å². The van der Waals surface area contributed by atoms with Gasteiger partial charge in [-0.1, -0.05) is 0 Å². The van der Waals surface area contributed by atoms with Crippen LogP contribution in [0.15, 0.2) is 6.20 Å². The van der Waals surface area contributed by atoms with Gasteiger partial charge in [-0.3, -0.25) is 4.90 Å². The highest BCUT2D eigenvalue weighted by Crippen LogP contribution is 2.21. The maximum atomic E-state index is 5.79. The Morgan fingerprint density at radius 1 is 1.44 bits per heavy atom. The first-order valence-corrected chi connectivity index (χ1v) is 6.27. The molecule has 0 saturated carbocycles. The molecule has 2 N–H and O–H groups in total. The van der Waals surface area contributed by atoms with Crippen molar-refractivity contribution in [3.8, 4) is 0 Å². The van der Waals surface area contributed by atoms with E-state index in [0.717, 1.165) is 32.8 Å². The number of rotatable bonds is 2. The van der Waals surface area contributed by atoms with Crippen LogP contribution < -0.4 is 5.73 Å². The molecular formula is C10H15N3O2S. The fraction of sp³-hybridized carbons (Fsp3) is 0.700. The van der Waals surface area contributed by atoms with Crippen molar-refractivity contribution in [1.29, 1.82) is 0 Å². The topological polar surface area (TPSA) is 60.6 Å². The molecule has 2 aliphatic heterocycles. The van der Waals surface area contributed by atoms with Gasteiger partial charge in [0.15, 0.2) is 5.13 Å². The van der Waals surface area contributed by atoms with Crippen molar-refractivity contribution >= 4 is 16.5 Å². The Hall–Kier alpha value is -0.690. The number of nitrogens with two attached hydrogens (primary N) is 1. The van der Waals surface area contributed by atoms with E-state index < -0.39 is 0 Å². The third kappa shape index (κ3) is 2.20. The highest BCUT2D eigenvalue weighted by Gasteiger charge is 2.31. The van der Waals surface area contributed by atoms with Crippen LogP contribution in [0.25, 0.3) is 0 Å². The van der Waals surface area contributed by atoms with Crippen LogP contribution in [0, 0.1) is 0 Å². The van der Waals surface area contributed by atoms with Gasteiger partial charge in [-0.15, -0.1) is 11.3 Å². The van der Waals surface area contributed by atoms with Crippen molar-refractivity contribution in [2.45, 2.75) is 18.8 Å². The summed E-state index contributed by atoms with van der Waals surface area (Å²) in [5, 5.41) is 0.645. The van der Waals surface area contributed by atoms with Crippen LogP contribution >= 0.6 is 11.3 Å². The normalized spacial score (nSPS) is 30.5. The smallest absolute Gasteiger partial charge is 0.180 e. The van der Waals surface area contributed by atoms with Crippen LogP contribution in [0.5, 0.6) is 0 Å². The number of aromatic nitrogens is 1. The maximum Gasteiger partial charge on any atom is 0.180 e. The second-order valence-electron chi connectivity index (χ2n) is 4.28. The van der Waals surface area contributed by atoms with E-state index in [2.05, 4.69) is 9.88 Å². The minimum atomic E-state index is 0.234. The summed E-state index contributed by atoms with van der Waals surface area (Å²) < 4.78 is 11.2. The molecule has 2 fully saturated rings. The summed E-state index contributed by atoms with van der Waals surface area (Å²) >= 11 is 1.56. The molecule has 0 amide bonds. The van der Waals surface area contributed by atoms with Crippen molar-refractivity contribution in [2.75, 3.05) is 32.0 Å². The molecule has 2 atom stereocenters. The Balaban J connectivity index is 1.63. The minimum absolute atomic E-state index is 0.234. The number of hydrogen-bond donors (Lipinski definition) is 1. The van der Waals surface area contributed by atoms with Crippen LogP contribution in [-0.2, 0) is 16.0 Å². The quantitative estimate of drug-likeness (QED) is 0.808. The Morgan fingerprint density at radius 2 is 2.19 bits per heavy atom. The van der Waals surface area contributed by atoms with Crippen LogP contribution in [0.1, 0.15) is 4.88 Å². The van der Waals surface area contributed by atoms with Gasteiger partial charge in [-0.05, 0) is 0 Å². The third-order valence-corrected chi connectivity index (χ3v) is 3.68. The zero-order chi connectivity index (χ0) is 11.0. The molecule has 3 rings (SSSR count). The summed E-state index contributed by atoms with van der Waals surface area (Å²) in [4.78, 5) is 7.69. The second-order valence-corrected chi connectivity index (χ2v) is 5.42. The van der Waals surface area contributed by atoms with Gasteiger partial charge < -0.3 is 15.2 Å². The third-order valence-electron chi connectivity index (χ3n) is 2.87. The molecule has 6 heteroatoms. The molecule has 16 heavy (non-hydrogen) atoms. The highest BCUT2D eigenvalue weighted by molar-refractivity contribution is 7.15. The minimum Gasteiger partial charge on any atom is -0.376 e. The Labute approximate surface area is 98.2 Å². The standard InChI is InChI=1S/C10H15N3O2S/c11-10-12-1-9(16-10)4-13-2-7-5-14-6-8(3-13)15-7/h1,7-8H,2-6H2,(H2,11,12). The number of anilines is 1. The molecular weight excluding hydrogens is 226 g/mol. The van der Waals surface area contributed by atoms with Gasteiger partial charge >= 0.3 is 0 Å². The van der Waals surface area contributed by atoms with E-state index in [9.17, 15) is 0 Å². The zero-order valence-corrected chi connectivity index (χ0v) is 9.78. The lowest BCUT2D eigenvalue weighted by molar-refractivity contribution is -0.180. The molecule has 5 nitrogen and oxygen atoms in total. The van der Waals surface area contributed by atoms with E-state index in [1.807, 2.05) is 6.20 Å². The molecule has 0 aromatic carbocycles. The van der Waals surface area contributed by atoms with Crippen molar-refractivity contribution in [1.82, 2.24) is 9.88 Å². The number of fused-ring (bicyclic) bond motifs is 2. The summed E-state index contributed by atoms with van der Waals surface area (Å²) in [5.41, 5.74) is 5.62. The molecule has 2 aliphatic rings. The Morgan fingerprint density at radius 3 is 2.81 bits per heavy atom. The lowest BCUT2D eigenvalue weighted by atomic mass is 10.2. The first-order valence-electron chi connectivity index (χ1n) is 5.45. The van der Waals surface area contributed by atoms with Crippen LogP contribution in [0.3, 0.4) is 0 Å².